The van der Waals surface area contributed by atoms with Crippen molar-refractivity contribution < 1.29 is 13.2 Å². The number of benzene rings is 2. The summed E-state index contributed by atoms with van der Waals surface area (Å²) in [5, 5.41) is 0.208. The zero-order chi connectivity index (χ0) is 16.6. The molecule has 2 aromatic carbocycles. The Kier molecular flexibility index (Phi) is 4.17. The maximum atomic E-state index is 13.0. The molecule has 0 aromatic heterocycles. The van der Waals surface area contributed by atoms with Crippen molar-refractivity contribution >= 4 is 33.1 Å². The number of fused-ring (bicyclic) bond motifs is 1. The number of aryl methyl sites for hydroxylation is 1. The Balaban J connectivity index is 2.10. The van der Waals surface area contributed by atoms with Crippen LogP contribution in [0.5, 0.6) is 0 Å². The van der Waals surface area contributed by atoms with E-state index in [1.54, 1.807) is 36.4 Å². The molecule has 4 nitrogen and oxygen atoms in total. The van der Waals surface area contributed by atoms with Crippen molar-refractivity contribution in [3.63, 3.8) is 0 Å². The van der Waals surface area contributed by atoms with Crippen LogP contribution in [0.25, 0.3) is 0 Å². The smallest absolute Gasteiger partial charge is 0.265 e. The molecule has 0 amide bonds. The summed E-state index contributed by atoms with van der Waals surface area (Å²) in [6.45, 7) is 1.91. The van der Waals surface area contributed by atoms with Crippen LogP contribution in [0.4, 0.5) is 5.69 Å². The van der Waals surface area contributed by atoms with Crippen LogP contribution in [0.15, 0.2) is 47.4 Å². The molecule has 2 aromatic rings. The number of carbonyl (C=O) groups excluding carboxylic acids is 1. The van der Waals surface area contributed by atoms with E-state index in [0.29, 0.717) is 24.2 Å². The van der Waals surface area contributed by atoms with Crippen LogP contribution < -0.4 is 4.31 Å². The number of ketones is 1. The van der Waals surface area contributed by atoms with E-state index >= 15 is 0 Å². The van der Waals surface area contributed by atoms with Gasteiger partial charge in [0, 0.05) is 12.1 Å². The molecule has 0 fully saturated rings. The topological polar surface area (TPSA) is 54.5 Å². The predicted octanol–water partition coefficient (Wildman–Crippen LogP) is 3.68. The molecule has 120 valence electrons. The third-order valence-corrected chi connectivity index (χ3v) is 6.28. The molecule has 1 aliphatic heterocycles. The minimum absolute atomic E-state index is 0.0288. The number of carbonyl (C=O) groups is 1. The lowest BCUT2D eigenvalue weighted by Gasteiger charge is -2.31. The summed E-state index contributed by atoms with van der Waals surface area (Å²) in [5.74, 6) is -0.0288. The number of halogens is 1. The number of rotatable bonds is 3. The van der Waals surface area contributed by atoms with Crippen LogP contribution in [0.3, 0.4) is 0 Å². The van der Waals surface area contributed by atoms with Crippen LogP contribution in [0, 0.1) is 0 Å². The SMILES string of the molecule is CC(=O)c1ccc2c(c1)CCCN2S(=O)(=O)c1ccccc1Cl. The fourth-order valence-electron chi connectivity index (χ4n) is 2.80. The fraction of sp³-hybridized carbons (Fsp3) is 0.235. The first-order valence-electron chi connectivity index (χ1n) is 7.32. The number of Topliss-reactive ketones (excluding diaryl/α,β-unsaturated/α-hetero) is 1. The number of hydrogen-bond donors (Lipinski definition) is 0. The summed E-state index contributed by atoms with van der Waals surface area (Å²) in [6, 6.07) is 11.6. The van der Waals surface area contributed by atoms with Gasteiger partial charge in [0.15, 0.2) is 5.78 Å². The van der Waals surface area contributed by atoms with Crippen molar-refractivity contribution in [3.8, 4) is 0 Å². The van der Waals surface area contributed by atoms with Crippen LogP contribution in [0.1, 0.15) is 29.3 Å². The van der Waals surface area contributed by atoms with E-state index in [1.807, 2.05) is 0 Å². The molecule has 0 spiro atoms. The van der Waals surface area contributed by atoms with Crippen molar-refractivity contribution in [2.24, 2.45) is 0 Å². The van der Waals surface area contributed by atoms with Crippen molar-refractivity contribution in [1.82, 2.24) is 0 Å². The van der Waals surface area contributed by atoms with Crippen LogP contribution in [0.2, 0.25) is 5.02 Å². The number of hydrogen-bond acceptors (Lipinski definition) is 3. The molecule has 0 saturated heterocycles. The van der Waals surface area contributed by atoms with Crippen LogP contribution in [-0.2, 0) is 16.4 Å². The summed E-state index contributed by atoms with van der Waals surface area (Å²) in [5.41, 5.74) is 2.10. The minimum Gasteiger partial charge on any atom is -0.295 e. The van der Waals surface area contributed by atoms with E-state index in [2.05, 4.69) is 0 Å². The lowest BCUT2D eigenvalue weighted by molar-refractivity contribution is 0.101. The molecule has 0 saturated carbocycles. The minimum atomic E-state index is -3.72. The molecule has 0 bridgehead atoms. The molecule has 1 heterocycles. The van der Waals surface area contributed by atoms with Gasteiger partial charge in [0.1, 0.15) is 4.90 Å². The molecular formula is C17H16ClNO3S. The van der Waals surface area contributed by atoms with Gasteiger partial charge in [0.25, 0.3) is 10.0 Å². The molecule has 0 unspecified atom stereocenters. The molecular weight excluding hydrogens is 334 g/mol. The molecule has 0 aliphatic carbocycles. The van der Waals surface area contributed by atoms with E-state index in [0.717, 1.165) is 12.0 Å². The summed E-state index contributed by atoms with van der Waals surface area (Å²) in [7, 11) is -3.72. The molecule has 6 heteroatoms. The van der Waals surface area contributed by atoms with Crippen LogP contribution >= 0.6 is 11.6 Å². The Bertz CT molecular complexity index is 877. The van der Waals surface area contributed by atoms with E-state index < -0.39 is 10.0 Å². The average Bonchev–Trinajstić information content (AvgIpc) is 2.53. The summed E-state index contributed by atoms with van der Waals surface area (Å²) >= 11 is 6.07. The standard InChI is InChI=1S/C17H16ClNO3S/c1-12(20)13-8-9-16-14(11-13)5-4-10-19(16)23(21,22)17-7-3-2-6-15(17)18/h2-3,6-9,11H,4-5,10H2,1H3. The Hall–Kier alpha value is -1.85. The number of sulfonamides is 1. The predicted molar refractivity (Wildman–Crippen MR) is 90.8 cm³/mol. The van der Waals surface area contributed by atoms with Gasteiger partial charge in [0.2, 0.25) is 0 Å². The first-order chi connectivity index (χ1) is 10.9. The van der Waals surface area contributed by atoms with Crippen molar-refractivity contribution in [3.05, 3.63) is 58.6 Å². The van der Waals surface area contributed by atoms with Gasteiger partial charge in [-0.1, -0.05) is 23.7 Å². The van der Waals surface area contributed by atoms with Crippen molar-refractivity contribution in [2.75, 3.05) is 10.8 Å². The highest BCUT2D eigenvalue weighted by Crippen LogP contribution is 2.34. The van der Waals surface area contributed by atoms with Crippen molar-refractivity contribution in [2.45, 2.75) is 24.7 Å². The zero-order valence-corrected chi connectivity index (χ0v) is 14.2. The molecule has 3 rings (SSSR count). The second kappa shape index (κ2) is 5.98. The monoisotopic (exact) mass is 349 g/mol. The number of nitrogens with zero attached hydrogens (tertiary/aromatic N) is 1. The third kappa shape index (κ3) is 2.86. The molecule has 0 N–H and O–H groups in total. The Morgan fingerprint density at radius 1 is 1.17 bits per heavy atom. The van der Waals surface area contributed by atoms with E-state index in [9.17, 15) is 13.2 Å². The Morgan fingerprint density at radius 2 is 1.91 bits per heavy atom. The summed E-state index contributed by atoms with van der Waals surface area (Å²) in [4.78, 5) is 11.6. The summed E-state index contributed by atoms with van der Waals surface area (Å²) < 4.78 is 27.3. The molecule has 23 heavy (non-hydrogen) atoms. The second-order valence-electron chi connectivity index (χ2n) is 5.51. The highest BCUT2D eigenvalue weighted by atomic mass is 35.5. The first kappa shape index (κ1) is 16.0. The maximum Gasteiger partial charge on any atom is 0.265 e. The lowest BCUT2D eigenvalue weighted by Crippen LogP contribution is -2.35. The quantitative estimate of drug-likeness (QED) is 0.794. The van der Waals surface area contributed by atoms with Gasteiger partial charge in [0.05, 0.1) is 10.7 Å². The fourth-order valence-corrected chi connectivity index (χ4v) is 4.84. The van der Waals surface area contributed by atoms with Gasteiger partial charge in [-0.2, -0.15) is 0 Å². The lowest BCUT2D eigenvalue weighted by atomic mass is 9.99. The second-order valence-corrected chi connectivity index (χ2v) is 7.75. The van der Waals surface area contributed by atoms with E-state index in [1.165, 1.54) is 17.3 Å². The normalized spacial score (nSPS) is 14.4. The van der Waals surface area contributed by atoms with Gasteiger partial charge in [-0.05, 0) is 55.7 Å². The number of anilines is 1. The first-order valence-corrected chi connectivity index (χ1v) is 9.14. The average molecular weight is 350 g/mol. The van der Waals surface area contributed by atoms with Gasteiger partial charge >= 0.3 is 0 Å². The maximum absolute atomic E-state index is 13.0. The van der Waals surface area contributed by atoms with Gasteiger partial charge < -0.3 is 0 Å². The molecule has 0 radical (unpaired) electrons. The summed E-state index contributed by atoms with van der Waals surface area (Å²) in [6.07, 6.45) is 1.46. The molecule has 0 atom stereocenters. The highest BCUT2D eigenvalue weighted by molar-refractivity contribution is 7.93. The molecule has 1 aliphatic rings. The Morgan fingerprint density at radius 3 is 2.61 bits per heavy atom. The highest BCUT2D eigenvalue weighted by Gasteiger charge is 2.30. The Labute approximate surface area is 140 Å². The van der Waals surface area contributed by atoms with Gasteiger partial charge in [-0.3, -0.25) is 9.10 Å². The van der Waals surface area contributed by atoms with Crippen molar-refractivity contribution in [1.29, 1.82) is 0 Å². The van der Waals surface area contributed by atoms with E-state index in [4.69, 9.17) is 11.6 Å². The largest absolute Gasteiger partial charge is 0.295 e. The van der Waals surface area contributed by atoms with Crippen LogP contribution in [-0.4, -0.2) is 20.7 Å². The third-order valence-electron chi connectivity index (χ3n) is 3.97. The van der Waals surface area contributed by atoms with Gasteiger partial charge in [-0.15, -0.1) is 0 Å². The van der Waals surface area contributed by atoms with E-state index in [-0.39, 0.29) is 15.7 Å². The van der Waals surface area contributed by atoms with Gasteiger partial charge in [-0.25, -0.2) is 8.42 Å². The zero-order valence-electron chi connectivity index (χ0n) is 12.6.